The van der Waals surface area contributed by atoms with Gasteiger partial charge < -0.3 is 14.8 Å². The van der Waals surface area contributed by atoms with Crippen molar-refractivity contribution in [3.8, 4) is 11.5 Å². The van der Waals surface area contributed by atoms with Gasteiger partial charge >= 0.3 is 0 Å². The number of amides is 1. The quantitative estimate of drug-likeness (QED) is 0.788. The van der Waals surface area contributed by atoms with E-state index in [4.69, 9.17) is 9.47 Å². The lowest BCUT2D eigenvalue weighted by Crippen LogP contribution is -2.17. The van der Waals surface area contributed by atoms with Crippen LogP contribution in [0.3, 0.4) is 0 Å². The van der Waals surface area contributed by atoms with Gasteiger partial charge in [-0.2, -0.15) is 0 Å². The smallest absolute Gasteiger partial charge is 0.257 e. The van der Waals surface area contributed by atoms with Crippen LogP contribution < -0.4 is 19.5 Å². The van der Waals surface area contributed by atoms with Crippen LogP contribution in [0.5, 0.6) is 11.5 Å². The maximum Gasteiger partial charge on any atom is 0.257 e. The molecule has 0 aliphatic carbocycles. The zero-order chi connectivity index (χ0) is 18.4. The third-order valence-corrected chi connectivity index (χ3v) is 3.78. The average Bonchev–Trinajstić information content (AvgIpc) is 2.55. The largest absolute Gasteiger partial charge is 0.493 e. The van der Waals surface area contributed by atoms with E-state index in [0.717, 1.165) is 6.26 Å². The molecule has 1 amide bonds. The highest BCUT2D eigenvalue weighted by atomic mass is 32.2. The Labute approximate surface area is 147 Å². The van der Waals surface area contributed by atoms with E-state index in [0.29, 0.717) is 23.8 Å². The summed E-state index contributed by atoms with van der Waals surface area (Å²) in [5.41, 5.74) is 0.917. The van der Waals surface area contributed by atoms with Crippen LogP contribution in [-0.2, 0) is 10.0 Å². The summed E-state index contributed by atoms with van der Waals surface area (Å²) >= 11 is 0. The highest BCUT2D eigenvalue weighted by molar-refractivity contribution is 7.92. The average molecular weight is 364 g/mol. The van der Waals surface area contributed by atoms with Crippen LogP contribution in [0.2, 0.25) is 0 Å². The van der Waals surface area contributed by atoms with Gasteiger partial charge in [0.2, 0.25) is 10.0 Å². The number of methoxy groups -OCH3 is 1. The van der Waals surface area contributed by atoms with Gasteiger partial charge in [0.1, 0.15) is 0 Å². The molecule has 8 heteroatoms. The number of carbonyl (C=O) groups excluding carboxylic acids is 1. The number of para-hydroxylation sites is 1. The minimum Gasteiger partial charge on any atom is -0.493 e. The van der Waals surface area contributed by atoms with E-state index >= 15 is 0 Å². The van der Waals surface area contributed by atoms with Crippen LogP contribution in [0.1, 0.15) is 17.3 Å². The van der Waals surface area contributed by atoms with Crippen LogP contribution >= 0.6 is 0 Å². The van der Waals surface area contributed by atoms with Crippen molar-refractivity contribution in [2.75, 3.05) is 30.0 Å². The van der Waals surface area contributed by atoms with Crippen LogP contribution in [0.25, 0.3) is 0 Å². The van der Waals surface area contributed by atoms with Crippen molar-refractivity contribution in [3.05, 3.63) is 48.0 Å². The summed E-state index contributed by atoms with van der Waals surface area (Å²) in [6.07, 6.45) is 1.03. The van der Waals surface area contributed by atoms with Crippen molar-refractivity contribution in [2.24, 2.45) is 0 Å². The molecular formula is C17H20N2O5S. The predicted molar refractivity (Wildman–Crippen MR) is 97.0 cm³/mol. The molecule has 7 nitrogen and oxygen atoms in total. The molecule has 0 unspecified atom stereocenters. The Balaban J connectivity index is 2.26. The van der Waals surface area contributed by atoms with E-state index in [9.17, 15) is 13.2 Å². The van der Waals surface area contributed by atoms with Crippen LogP contribution in [0, 0.1) is 0 Å². The number of rotatable bonds is 7. The first kappa shape index (κ1) is 18.6. The van der Waals surface area contributed by atoms with Crippen molar-refractivity contribution in [3.63, 3.8) is 0 Å². The molecule has 2 rings (SSSR count). The second-order valence-electron chi connectivity index (χ2n) is 5.17. The van der Waals surface area contributed by atoms with Crippen molar-refractivity contribution >= 4 is 27.3 Å². The minimum atomic E-state index is -3.50. The zero-order valence-electron chi connectivity index (χ0n) is 14.2. The fourth-order valence-electron chi connectivity index (χ4n) is 2.19. The van der Waals surface area contributed by atoms with Gasteiger partial charge in [-0.15, -0.1) is 0 Å². The topological polar surface area (TPSA) is 93.7 Å². The highest BCUT2D eigenvalue weighted by Crippen LogP contribution is 2.30. The van der Waals surface area contributed by atoms with E-state index in [2.05, 4.69) is 10.0 Å². The lowest BCUT2D eigenvalue weighted by Gasteiger charge is -2.13. The number of hydrogen-bond acceptors (Lipinski definition) is 5. The summed E-state index contributed by atoms with van der Waals surface area (Å²) in [6, 6.07) is 11.4. The molecule has 0 radical (unpaired) electrons. The number of carbonyl (C=O) groups is 1. The Morgan fingerprint density at radius 2 is 1.84 bits per heavy atom. The fourth-order valence-corrected chi connectivity index (χ4v) is 2.77. The molecule has 0 aliphatic rings. The van der Waals surface area contributed by atoms with Crippen LogP contribution in [-0.4, -0.2) is 34.3 Å². The summed E-state index contributed by atoms with van der Waals surface area (Å²) in [5, 5.41) is 2.72. The molecule has 0 heterocycles. The molecule has 134 valence electrons. The van der Waals surface area contributed by atoms with Gasteiger partial charge in [-0.1, -0.05) is 12.1 Å². The molecule has 2 aromatic rings. The molecule has 0 aliphatic heterocycles. The number of nitrogens with one attached hydrogen (secondary N) is 2. The van der Waals surface area contributed by atoms with E-state index in [1.807, 2.05) is 6.92 Å². The summed E-state index contributed by atoms with van der Waals surface area (Å²) in [6.45, 7) is 2.35. The van der Waals surface area contributed by atoms with Gasteiger partial charge in [-0.05, 0) is 31.2 Å². The third-order valence-electron chi connectivity index (χ3n) is 3.19. The van der Waals surface area contributed by atoms with Gasteiger partial charge in [-0.3, -0.25) is 9.52 Å². The molecule has 2 aromatic carbocycles. The molecule has 0 aromatic heterocycles. The molecule has 0 atom stereocenters. The Morgan fingerprint density at radius 1 is 1.12 bits per heavy atom. The zero-order valence-corrected chi connectivity index (χ0v) is 15.0. The maximum atomic E-state index is 12.5. The summed E-state index contributed by atoms with van der Waals surface area (Å²) < 4.78 is 35.9. The summed E-state index contributed by atoms with van der Waals surface area (Å²) in [4.78, 5) is 12.5. The van der Waals surface area contributed by atoms with Crippen molar-refractivity contribution in [2.45, 2.75) is 6.92 Å². The first-order valence-electron chi connectivity index (χ1n) is 7.53. The Kier molecular flexibility index (Phi) is 5.87. The van der Waals surface area contributed by atoms with E-state index in [1.54, 1.807) is 30.3 Å². The van der Waals surface area contributed by atoms with Crippen LogP contribution in [0.15, 0.2) is 42.5 Å². The third kappa shape index (κ3) is 5.12. The maximum absolute atomic E-state index is 12.5. The molecule has 0 spiro atoms. The van der Waals surface area contributed by atoms with Crippen molar-refractivity contribution in [1.82, 2.24) is 0 Å². The lowest BCUT2D eigenvalue weighted by molar-refractivity contribution is 0.102. The van der Waals surface area contributed by atoms with Gasteiger partial charge in [0.05, 0.1) is 31.2 Å². The SMILES string of the molecule is CCOc1ccc(NC(=O)c2ccccc2NS(C)(=O)=O)cc1OC. The number of anilines is 2. The van der Waals surface area contributed by atoms with E-state index in [1.165, 1.54) is 19.2 Å². The first-order chi connectivity index (χ1) is 11.8. The van der Waals surface area contributed by atoms with Gasteiger partial charge in [0, 0.05) is 11.8 Å². The molecule has 0 bridgehead atoms. The van der Waals surface area contributed by atoms with Gasteiger partial charge in [0.25, 0.3) is 5.91 Å². The Hall–Kier alpha value is -2.74. The van der Waals surface area contributed by atoms with E-state index < -0.39 is 15.9 Å². The second-order valence-corrected chi connectivity index (χ2v) is 6.92. The van der Waals surface area contributed by atoms with E-state index in [-0.39, 0.29) is 11.3 Å². The summed E-state index contributed by atoms with van der Waals surface area (Å²) in [7, 11) is -1.99. The number of ether oxygens (including phenoxy) is 2. The lowest BCUT2D eigenvalue weighted by atomic mass is 10.1. The monoisotopic (exact) mass is 364 g/mol. The number of benzene rings is 2. The van der Waals surface area contributed by atoms with Gasteiger partial charge in [0.15, 0.2) is 11.5 Å². The first-order valence-corrected chi connectivity index (χ1v) is 9.42. The summed E-state index contributed by atoms with van der Waals surface area (Å²) in [5.74, 6) is 0.613. The number of hydrogen-bond donors (Lipinski definition) is 2. The molecule has 0 fully saturated rings. The highest BCUT2D eigenvalue weighted by Gasteiger charge is 2.15. The molecule has 0 saturated heterocycles. The molecule has 0 saturated carbocycles. The molecule has 25 heavy (non-hydrogen) atoms. The van der Waals surface area contributed by atoms with Gasteiger partial charge in [-0.25, -0.2) is 8.42 Å². The predicted octanol–water partition coefficient (Wildman–Crippen LogP) is 2.72. The number of sulfonamides is 1. The molecular weight excluding hydrogens is 344 g/mol. The molecule has 2 N–H and O–H groups in total. The van der Waals surface area contributed by atoms with Crippen molar-refractivity contribution in [1.29, 1.82) is 0 Å². The minimum absolute atomic E-state index is 0.209. The Bertz CT molecular complexity index is 865. The normalized spacial score (nSPS) is 10.8. The Morgan fingerprint density at radius 3 is 2.48 bits per heavy atom. The van der Waals surface area contributed by atoms with Crippen LogP contribution in [0.4, 0.5) is 11.4 Å². The van der Waals surface area contributed by atoms with Crippen molar-refractivity contribution < 1.29 is 22.7 Å². The fraction of sp³-hybridized carbons (Fsp3) is 0.235. The second kappa shape index (κ2) is 7.89. The standard InChI is InChI=1S/C17H20N2O5S/c1-4-24-15-10-9-12(11-16(15)23-2)18-17(20)13-7-5-6-8-14(13)19-25(3,21)22/h5-11,19H,4H2,1-3H3,(H,18,20).